The van der Waals surface area contributed by atoms with E-state index in [-0.39, 0.29) is 6.84 Å². The van der Waals surface area contributed by atoms with Gasteiger partial charge in [-0.1, -0.05) is 33.8 Å². The summed E-state index contributed by atoms with van der Waals surface area (Å²) in [4.78, 5) is 11.8. The summed E-state index contributed by atoms with van der Waals surface area (Å²) in [6, 6.07) is 0. The number of rotatable bonds is 1. The largest absolute Gasteiger partial charge is 0.381 e. The molecule has 0 bridgehead atoms. The van der Waals surface area contributed by atoms with Crippen LogP contribution >= 0.6 is 0 Å². The molecule has 0 amide bonds. The normalized spacial score (nSPS) is 49.5. The van der Waals surface area contributed by atoms with E-state index in [0.29, 0.717) is 23.2 Å². The third-order valence-corrected chi connectivity index (χ3v) is 8.24. The first-order valence-corrected chi connectivity index (χ1v) is 10.2. The number of ether oxygens (including phenoxy) is 1. The highest BCUT2D eigenvalue weighted by Crippen LogP contribution is 2.65. The lowest BCUT2D eigenvalue weighted by molar-refractivity contribution is -0.124. The molecule has 3 fully saturated rings. The fourth-order valence-electron chi connectivity index (χ4n) is 6.97. The lowest BCUT2D eigenvalue weighted by Crippen LogP contribution is -2.53. The van der Waals surface area contributed by atoms with Crippen LogP contribution in [0.1, 0.15) is 74.1 Å². The number of hydrogen-bond acceptors (Lipinski definition) is 2. The van der Waals surface area contributed by atoms with E-state index in [9.17, 15) is 4.79 Å². The average molecular weight is 335 g/mol. The minimum atomic E-state index is 0. The highest BCUT2D eigenvalue weighted by molar-refractivity contribution is 5.91. The minimum absolute atomic E-state index is 0. The van der Waals surface area contributed by atoms with Gasteiger partial charge in [-0.05, 0) is 79.1 Å². The molecule has 24 heavy (non-hydrogen) atoms. The molecule has 4 aliphatic rings. The van der Waals surface area contributed by atoms with Crippen molar-refractivity contribution < 1.29 is 11.0 Å². The van der Waals surface area contributed by atoms with Crippen molar-refractivity contribution in [2.45, 2.75) is 78.7 Å². The summed E-state index contributed by atoms with van der Waals surface area (Å²) >= 11 is 0. The monoisotopic (exact) mass is 334 g/mol. The molecule has 0 aromatic carbocycles. The molecule has 1 unspecified atom stereocenters. The van der Waals surface area contributed by atoms with Crippen molar-refractivity contribution in [2.24, 2.45) is 34.5 Å². The Hall–Kier alpha value is -0.630. The topological polar surface area (TPSA) is 26.3 Å². The molecule has 0 spiro atoms. The predicted molar refractivity (Wildman–Crippen MR) is 101 cm³/mol. The van der Waals surface area contributed by atoms with Crippen LogP contribution in [0, 0.1) is 34.5 Å². The second-order valence-corrected chi connectivity index (χ2v) is 8.87. The molecule has 0 aromatic heterocycles. The Balaban J connectivity index is 0.000000726. The van der Waals surface area contributed by atoms with Crippen LogP contribution in [0.2, 0.25) is 0 Å². The van der Waals surface area contributed by atoms with Crippen LogP contribution in [0.15, 0.2) is 12.2 Å². The number of carbonyl (C=O) groups excluding carboxylic acids is 1. The van der Waals surface area contributed by atoms with Crippen molar-refractivity contribution in [3.8, 4) is 0 Å². The zero-order valence-corrected chi connectivity index (χ0v) is 16.3. The van der Waals surface area contributed by atoms with E-state index in [0.717, 1.165) is 24.2 Å². The van der Waals surface area contributed by atoms with Crippen molar-refractivity contribution in [2.75, 3.05) is 7.11 Å². The van der Waals surface area contributed by atoms with Gasteiger partial charge in [0.2, 0.25) is 0 Å². The van der Waals surface area contributed by atoms with Crippen LogP contribution in [0.25, 0.3) is 0 Å². The molecule has 2 nitrogen and oxygen atoms in total. The van der Waals surface area contributed by atoms with Crippen molar-refractivity contribution in [1.29, 1.82) is 0 Å². The standard InChI is InChI=1S/C20H30O2.C2H6.H2/c1-19-10-8-14(21)12-13(19)4-5-15-16-6-7-18(22-3)20(16,2)11-9-17(15)19;1-2;/h8,10,13,15-18H,4-7,9,11-12H2,1-3H3;1-2H3;1H/t13-,15?,16-,17-,18-,19-,20-;;/m0../s1. The van der Waals surface area contributed by atoms with Gasteiger partial charge in [0, 0.05) is 15.0 Å². The molecule has 0 aliphatic heterocycles. The van der Waals surface area contributed by atoms with Crippen molar-refractivity contribution in [1.82, 2.24) is 0 Å². The Labute approximate surface area is 149 Å². The first-order chi connectivity index (χ1) is 11.5. The van der Waals surface area contributed by atoms with E-state index < -0.39 is 0 Å². The van der Waals surface area contributed by atoms with Crippen LogP contribution < -0.4 is 0 Å². The van der Waals surface area contributed by atoms with Crippen LogP contribution in [-0.4, -0.2) is 19.0 Å². The number of allylic oxidation sites excluding steroid dienone is 2. The molecule has 4 aliphatic carbocycles. The molecule has 0 aromatic rings. The Morgan fingerprint density at radius 3 is 2.54 bits per heavy atom. The van der Waals surface area contributed by atoms with Gasteiger partial charge in [-0.2, -0.15) is 0 Å². The molecule has 2 heteroatoms. The van der Waals surface area contributed by atoms with Gasteiger partial charge in [0.05, 0.1) is 6.10 Å². The SMILES string of the molecule is CC.CO[C@H]1CC[C@H]2C3CC[C@H]4CC(=O)C=C[C@]4(C)[C@H]3CC[C@]12C.[HH]. The van der Waals surface area contributed by atoms with Gasteiger partial charge < -0.3 is 4.74 Å². The van der Waals surface area contributed by atoms with E-state index in [1.54, 1.807) is 0 Å². The fourth-order valence-corrected chi connectivity index (χ4v) is 6.97. The molecule has 138 valence electrons. The first-order valence-electron chi connectivity index (χ1n) is 10.2. The van der Waals surface area contributed by atoms with Crippen LogP contribution in [0.5, 0.6) is 0 Å². The third-order valence-electron chi connectivity index (χ3n) is 8.24. The lowest BCUT2D eigenvalue weighted by atomic mass is 9.46. The highest BCUT2D eigenvalue weighted by atomic mass is 16.5. The van der Waals surface area contributed by atoms with Crippen LogP contribution in [0.3, 0.4) is 0 Å². The Morgan fingerprint density at radius 2 is 1.83 bits per heavy atom. The van der Waals surface area contributed by atoms with E-state index in [4.69, 9.17) is 4.74 Å². The number of ketones is 1. The lowest BCUT2D eigenvalue weighted by Gasteiger charge is -2.58. The van der Waals surface area contributed by atoms with Gasteiger partial charge in [-0.15, -0.1) is 0 Å². The molecule has 0 N–H and O–H groups in total. The Kier molecular flexibility index (Phi) is 4.99. The molecule has 7 atom stereocenters. The van der Waals surface area contributed by atoms with Gasteiger partial charge in [-0.25, -0.2) is 0 Å². The molecular weight excluding hydrogens is 296 g/mol. The van der Waals surface area contributed by atoms with Crippen molar-refractivity contribution >= 4 is 5.78 Å². The average Bonchev–Trinajstić information content (AvgIpc) is 2.93. The highest BCUT2D eigenvalue weighted by Gasteiger charge is 2.59. The summed E-state index contributed by atoms with van der Waals surface area (Å²) in [6.45, 7) is 8.94. The Bertz CT molecular complexity index is 516. The molecule has 0 heterocycles. The Morgan fingerprint density at radius 1 is 1.08 bits per heavy atom. The zero-order valence-electron chi connectivity index (χ0n) is 16.3. The number of hydrogen-bond donors (Lipinski definition) is 0. The maximum Gasteiger partial charge on any atom is 0.155 e. The maximum atomic E-state index is 11.8. The van der Waals surface area contributed by atoms with Gasteiger partial charge in [-0.3, -0.25) is 4.79 Å². The summed E-state index contributed by atoms with van der Waals surface area (Å²) < 4.78 is 5.85. The molecule has 0 radical (unpaired) electrons. The predicted octanol–water partition coefficient (Wildman–Crippen LogP) is 5.66. The molecule has 3 saturated carbocycles. The van der Waals surface area contributed by atoms with Crippen molar-refractivity contribution in [3.05, 3.63) is 12.2 Å². The van der Waals surface area contributed by atoms with Crippen LogP contribution in [0.4, 0.5) is 0 Å². The summed E-state index contributed by atoms with van der Waals surface area (Å²) in [7, 11) is 1.90. The number of fused-ring (bicyclic) bond motifs is 5. The van der Waals surface area contributed by atoms with Gasteiger partial charge in [0.1, 0.15) is 0 Å². The van der Waals surface area contributed by atoms with Gasteiger partial charge in [0.15, 0.2) is 5.78 Å². The zero-order chi connectivity index (χ0) is 17.5. The summed E-state index contributed by atoms with van der Waals surface area (Å²) in [5.74, 6) is 3.40. The summed E-state index contributed by atoms with van der Waals surface area (Å²) in [5.41, 5.74) is 0.663. The second kappa shape index (κ2) is 6.59. The van der Waals surface area contributed by atoms with Crippen molar-refractivity contribution in [3.63, 3.8) is 0 Å². The maximum absolute atomic E-state index is 11.8. The first kappa shape index (κ1) is 18.2. The van der Waals surface area contributed by atoms with Crippen LogP contribution in [-0.2, 0) is 9.53 Å². The summed E-state index contributed by atoms with van der Waals surface area (Å²) in [5, 5.41) is 0. The van der Waals surface area contributed by atoms with E-state index >= 15 is 0 Å². The number of methoxy groups -OCH3 is 1. The van der Waals surface area contributed by atoms with Gasteiger partial charge >= 0.3 is 0 Å². The van der Waals surface area contributed by atoms with E-state index in [2.05, 4.69) is 19.9 Å². The molecule has 4 rings (SSSR count). The fraction of sp³-hybridized carbons (Fsp3) is 0.864. The smallest absolute Gasteiger partial charge is 0.155 e. The number of carbonyl (C=O) groups is 1. The van der Waals surface area contributed by atoms with E-state index in [1.165, 1.54) is 38.5 Å². The molecule has 0 saturated heterocycles. The van der Waals surface area contributed by atoms with E-state index in [1.807, 2.05) is 27.0 Å². The minimum Gasteiger partial charge on any atom is -0.381 e. The van der Waals surface area contributed by atoms with Gasteiger partial charge in [0.25, 0.3) is 0 Å². The third kappa shape index (κ3) is 2.52. The second-order valence-electron chi connectivity index (χ2n) is 8.87. The summed E-state index contributed by atoms with van der Waals surface area (Å²) in [6.07, 6.45) is 13.2. The molecular formula is C22H38O2. The quantitative estimate of drug-likeness (QED) is 0.618.